The van der Waals surface area contributed by atoms with Crippen molar-refractivity contribution in [2.75, 3.05) is 48.1 Å². The number of nitrogen functional groups attached to an aromatic ring is 1. The molecule has 31 heavy (non-hydrogen) atoms. The van der Waals surface area contributed by atoms with E-state index >= 15 is 0 Å². The monoisotopic (exact) mass is 455 g/mol. The van der Waals surface area contributed by atoms with E-state index in [9.17, 15) is 0 Å². The number of hydrogen-bond acceptors (Lipinski definition) is 9. The van der Waals surface area contributed by atoms with Crippen LogP contribution in [0.2, 0.25) is 5.02 Å². The lowest BCUT2D eigenvalue weighted by molar-refractivity contribution is 0.0936. The van der Waals surface area contributed by atoms with Gasteiger partial charge in [-0.2, -0.15) is 0 Å². The van der Waals surface area contributed by atoms with E-state index in [2.05, 4.69) is 36.9 Å². The van der Waals surface area contributed by atoms with Crippen molar-refractivity contribution in [3.8, 4) is 11.4 Å². The quantitative estimate of drug-likeness (QED) is 0.595. The summed E-state index contributed by atoms with van der Waals surface area (Å²) in [6, 6.07) is 6.44. The number of hydrogen-bond donors (Lipinski definition) is 1. The van der Waals surface area contributed by atoms with Crippen molar-refractivity contribution in [2.24, 2.45) is 0 Å². The smallest absolute Gasteiger partial charge is 0.219 e. The summed E-state index contributed by atoms with van der Waals surface area (Å²) < 4.78 is 5.76. The summed E-state index contributed by atoms with van der Waals surface area (Å²) in [5, 5.41) is 0.771. The molecule has 160 valence electrons. The molecule has 1 fully saturated rings. The first-order valence-corrected chi connectivity index (χ1v) is 11.6. The Morgan fingerprint density at radius 2 is 2.06 bits per heavy atom. The number of anilines is 3. The average molecular weight is 456 g/mol. The summed E-state index contributed by atoms with van der Waals surface area (Å²) in [6.07, 6.45) is 7.22. The molecule has 1 saturated heterocycles. The van der Waals surface area contributed by atoms with Crippen LogP contribution in [0.4, 0.5) is 17.5 Å². The van der Waals surface area contributed by atoms with Gasteiger partial charge in [0.1, 0.15) is 0 Å². The summed E-state index contributed by atoms with van der Waals surface area (Å²) >= 11 is 8.26. The lowest BCUT2D eigenvalue weighted by Gasteiger charge is -2.45. The first kappa shape index (κ1) is 20.3. The molecule has 0 spiro atoms. The molecule has 0 aliphatic carbocycles. The van der Waals surface area contributed by atoms with Gasteiger partial charge in [0.2, 0.25) is 5.95 Å². The van der Waals surface area contributed by atoms with Crippen molar-refractivity contribution in [1.29, 1.82) is 0 Å². The number of aromatic nitrogens is 4. The molecule has 2 N–H and O–H groups in total. The number of ether oxygens (including phenoxy) is 1. The lowest BCUT2D eigenvalue weighted by atomic mass is 10.1. The van der Waals surface area contributed by atoms with Gasteiger partial charge in [0.15, 0.2) is 11.6 Å². The molecule has 0 amide bonds. The molecule has 2 aliphatic heterocycles. The SMILES string of the molecule is CSc1ccc(CN2CC3COCCN3c3nc(-c4cnc(N)nc4)ncc32)c(Cl)c1. The zero-order valence-electron chi connectivity index (χ0n) is 17.0. The molecule has 5 rings (SSSR count). The number of fused-ring (bicyclic) bond motifs is 3. The molecule has 3 aromatic rings. The second-order valence-electron chi connectivity index (χ2n) is 7.49. The molecule has 4 heterocycles. The lowest BCUT2D eigenvalue weighted by Crippen LogP contribution is -2.55. The zero-order valence-corrected chi connectivity index (χ0v) is 18.6. The predicted octanol–water partition coefficient (Wildman–Crippen LogP) is 3.12. The van der Waals surface area contributed by atoms with Gasteiger partial charge in [-0.3, -0.25) is 0 Å². The van der Waals surface area contributed by atoms with Crippen molar-refractivity contribution in [2.45, 2.75) is 17.5 Å². The standard InChI is InChI=1S/C21H22ClN7OS/c1-31-16-3-2-13(17(22)6-16)10-28-11-15-12-30-5-4-29(15)20-18(28)9-24-19(27-20)14-7-25-21(23)26-8-14/h2-3,6-9,15H,4-5,10-12H2,1H3,(H2,23,25,26). The Morgan fingerprint density at radius 3 is 2.84 bits per heavy atom. The molecule has 1 aromatic carbocycles. The van der Waals surface area contributed by atoms with E-state index in [0.29, 0.717) is 25.6 Å². The van der Waals surface area contributed by atoms with E-state index in [4.69, 9.17) is 27.1 Å². The highest BCUT2D eigenvalue weighted by Crippen LogP contribution is 2.37. The first-order chi connectivity index (χ1) is 15.1. The Balaban J connectivity index is 1.52. The van der Waals surface area contributed by atoms with Gasteiger partial charge in [0, 0.05) is 41.9 Å². The minimum atomic E-state index is 0.218. The fourth-order valence-electron chi connectivity index (χ4n) is 3.97. The second-order valence-corrected chi connectivity index (χ2v) is 8.78. The topological polar surface area (TPSA) is 93.3 Å². The molecule has 0 radical (unpaired) electrons. The highest BCUT2D eigenvalue weighted by Gasteiger charge is 2.35. The predicted molar refractivity (Wildman–Crippen MR) is 124 cm³/mol. The van der Waals surface area contributed by atoms with Crippen LogP contribution in [0.15, 0.2) is 41.7 Å². The number of rotatable bonds is 4. The first-order valence-electron chi connectivity index (χ1n) is 9.99. The molecule has 2 aliphatic rings. The van der Waals surface area contributed by atoms with E-state index in [-0.39, 0.29) is 12.0 Å². The molecule has 0 saturated carbocycles. The van der Waals surface area contributed by atoms with Gasteiger partial charge < -0.3 is 20.3 Å². The van der Waals surface area contributed by atoms with Gasteiger partial charge in [-0.1, -0.05) is 17.7 Å². The van der Waals surface area contributed by atoms with Crippen LogP contribution in [0.3, 0.4) is 0 Å². The van der Waals surface area contributed by atoms with Crippen molar-refractivity contribution in [1.82, 2.24) is 19.9 Å². The van der Waals surface area contributed by atoms with Crippen LogP contribution in [-0.4, -0.2) is 58.5 Å². The third-order valence-electron chi connectivity index (χ3n) is 5.57. The molecule has 2 aromatic heterocycles. The minimum Gasteiger partial charge on any atom is -0.377 e. The summed E-state index contributed by atoms with van der Waals surface area (Å²) in [4.78, 5) is 23.4. The normalized spacial score (nSPS) is 17.9. The number of thioether (sulfide) groups is 1. The van der Waals surface area contributed by atoms with Crippen LogP contribution in [0.5, 0.6) is 0 Å². The van der Waals surface area contributed by atoms with Crippen molar-refractivity contribution < 1.29 is 4.74 Å². The Morgan fingerprint density at radius 1 is 1.23 bits per heavy atom. The maximum absolute atomic E-state index is 6.58. The molecule has 1 unspecified atom stereocenters. The summed E-state index contributed by atoms with van der Waals surface area (Å²) in [5.41, 5.74) is 8.42. The maximum Gasteiger partial charge on any atom is 0.219 e. The number of nitrogens with two attached hydrogens (primary N) is 1. The maximum atomic E-state index is 6.58. The Hall–Kier alpha value is -2.62. The van der Waals surface area contributed by atoms with Crippen molar-refractivity contribution in [3.05, 3.63) is 47.4 Å². The fourth-order valence-corrected chi connectivity index (χ4v) is 4.71. The third kappa shape index (κ3) is 4.00. The summed E-state index contributed by atoms with van der Waals surface area (Å²) in [7, 11) is 0. The van der Waals surface area contributed by atoms with Gasteiger partial charge in [-0.05, 0) is 24.0 Å². The van der Waals surface area contributed by atoms with E-state index < -0.39 is 0 Å². The zero-order chi connectivity index (χ0) is 21.4. The second kappa shape index (κ2) is 8.49. The van der Waals surface area contributed by atoms with Gasteiger partial charge in [-0.15, -0.1) is 11.8 Å². The van der Waals surface area contributed by atoms with Crippen LogP contribution >= 0.6 is 23.4 Å². The summed E-state index contributed by atoms with van der Waals surface area (Å²) in [6.45, 7) is 3.64. The third-order valence-corrected chi connectivity index (χ3v) is 6.65. The minimum absolute atomic E-state index is 0.218. The van der Waals surface area contributed by atoms with Crippen LogP contribution in [-0.2, 0) is 11.3 Å². The molecule has 0 bridgehead atoms. The van der Waals surface area contributed by atoms with Gasteiger partial charge in [0.25, 0.3) is 0 Å². The van der Waals surface area contributed by atoms with Crippen molar-refractivity contribution in [3.63, 3.8) is 0 Å². The molecule has 10 heteroatoms. The van der Waals surface area contributed by atoms with Gasteiger partial charge in [-0.25, -0.2) is 19.9 Å². The fraction of sp³-hybridized carbons (Fsp3) is 0.333. The van der Waals surface area contributed by atoms with E-state index in [1.54, 1.807) is 24.2 Å². The van der Waals surface area contributed by atoms with E-state index in [1.807, 2.05) is 18.5 Å². The summed E-state index contributed by atoms with van der Waals surface area (Å²) in [5.74, 6) is 1.71. The molecule has 1 atom stereocenters. The molecular weight excluding hydrogens is 434 g/mol. The van der Waals surface area contributed by atoms with Crippen LogP contribution in [0, 0.1) is 0 Å². The number of halogens is 1. The van der Waals surface area contributed by atoms with E-state index in [0.717, 1.165) is 45.6 Å². The van der Waals surface area contributed by atoms with Crippen LogP contribution in [0.1, 0.15) is 5.56 Å². The van der Waals surface area contributed by atoms with Gasteiger partial charge in [0.05, 0.1) is 36.7 Å². The Kier molecular flexibility index (Phi) is 5.56. The Labute approximate surface area is 189 Å². The molecular formula is C21H22ClN7OS. The highest BCUT2D eigenvalue weighted by atomic mass is 35.5. The largest absolute Gasteiger partial charge is 0.377 e. The van der Waals surface area contributed by atoms with Gasteiger partial charge >= 0.3 is 0 Å². The number of nitrogens with zero attached hydrogens (tertiary/aromatic N) is 6. The van der Waals surface area contributed by atoms with E-state index in [1.165, 1.54) is 0 Å². The number of benzene rings is 1. The number of morpholine rings is 1. The Bertz CT molecular complexity index is 1100. The van der Waals surface area contributed by atoms with Crippen LogP contribution < -0.4 is 15.5 Å². The molecule has 8 nitrogen and oxygen atoms in total. The highest BCUT2D eigenvalue weighted by molar-refractivity contribution is 7.98. The average Bonchev–Trinajstić information content (AvgIpc) is 2.80. The van der Waals surface area contributed by atoms with Crippen molar-refractivity contribution >= 4 is 40.8 Å². The van der Waals surface area contributed by atoms with Crippen LogP contribution in [0.25, 0.3) is 11.4 Å².